The highest BCUT2D eigenvalue weighted by atomic mass is 35.5. The zero-order valence-corrected chi connectivity index (χ0v) is 17.8. The first-order chi connectivity index (χ1) is 13.8. The molecular weight excluding hydrogens is 410 g/mol. The minimum absolute atomic E-state index is 0.127. The highest BCUT2D eigenvalue weighted by Crippen LogP contribution is 2.42. The fourth-order valence-corrected chi connectivity index (χ4v) is 6.54. The van der Waals surface area contributed by atoms with Gasteiger partial charge in [-0.15, -0.1) is 0 Å². The number of fused-ring (bicyclic) bond motifs is 3. The van der Waals surface area contributed by atoms with Crippen LogP contribution in [0.25, 0.3) is 10.9 Å². The molecule has 0 saturated carbocycles. The van der Waals surface area contributed by atoms with E-state index in [1.807, 2.05) is 18.2 Å². The number of H-pyrrole nitrogens is 1. The van der Waals surface area contributed by atoms with E-state index < -0.39 is 26.5 Å². The van der Waals surface area contributed by atoms with Crippen LogP contribution in [0.5, 0.6) is 0 Å². The third-order valence-corrected chi connectivity index (χ3v) is 8.88. The number of sulfone groups is 1. The van der Waals surface area contributed by atoms with Crippen molar-refractivity contribution in [3.8, 4) is 0 Å². The Balaban J connectivity index is 1.80. The lowest BCUT2D eigenvalue weighted by atomic mass is 9.79. The van der Waals surface area contributed by atoms with Crippen molar-refractivity contribution in [1.82, 2.24) is 4.98 Å². The fourth-order valence-electron chi connectivity index (χ4n) is 4.42. The molecule has 29 heavy (non-hydrogen) atoms. The van der Waals surface area contributed by atoms with Crippen LogP contribution >= 0.6 is 11.6 Å². The van der Waals surface area contributed by atoms with Gasteiger partial charge in [0.25, 0.3) is 0 Å². The topological polar surface area (TPSA) is 76.2 Å². The third-order valence-electron chi connectivity index (χ3n) is 6.13. The molecule has 0 aliphatic heterocycles. The van der Waals surface area contributed by atoms with E-state index in [0.717, 1.165) is 22.2 Å². The number of ether oxygens (including phenoxy) is 1. The van der Waals surface area contributed by atoms with Gasteiger partial charge in [-0.2, -0.15) is 0 Å². The van der Waals surface area contributed by atoms with Crippen LogP contribution in [0.4, 0.5) is 0 Å². The van der Waals surface area contributed by atoms with Crippen LogP contribution in [0.3, 0.4) is 0 Å². The highest BCUT2D eigenvalue weighted by molar-refractivity contribution is 7.93. The van der Waals surface area contributed by atoms with Crippen LogP contribution in [0.2, 0.25) is 5.02 Å². The Bertz CT molecular complexity index is 1190. The maximum absolute atomic E-state index is 13.6. The summed E-state index contributed by atoms with van der Waals surface area (Å²) in [6.07, 6.45) is 1.67. The summed E-state index contributed by atoms with van der Waals surface area (Å²) in [5, 5.41) is 1.71. The van der Waals surface area contributed by atoms with Gasteiger partial charge in [0, 0.05) is 21.6 Å². The van der Waals surface area contributed by atoms with Gasteiger partial charge in [-0.1, -0.05) is 29.8 Å². The van der Waals surface area contributed by atoms with Crippen molar-refractivity contribution in [1.29, 1.82) is 0 Å². The number of halogens is 1. The van der Waals surface area contributed by atoms with E-state index in [2.05, 4.69) is 4.98 Å². The smallest absolute Gasteiger partial charge is 0.327 e. The zero-order valence-electron chi connectivity index (χ0n) is 16.2. The van der Waals surface area contributed by atoms with Crippen molar-refractivity contribution in [3.63, 3.8) is 0 Å². The molecule has 1 aromatic heterocycles. The summed E-state index contributed by atoms with van der Waals surface area (Å²) in [6, 6.07) is 13.8. The lowest BCUT2D eigenvalue weighted by Gasteiger charge is -2.36. The molecule has 152 valence electrons. The molecule has 1 N–H and O–H groups in total. The molecule has 0 amide bonds. The summed E-state index contributed by atoms with van der Waals surface area (Å²) in [5.74, 6) is -1.15. The molecular formula is C22H22ClNO4S. The number of carbonyl (C=O) groups is 1. The summed E-state index contributed by atoms with van der Waals surface area (Å²) in [5.41, 5.74) is 3.06. The Labute approximate surface area is 174 Å². The van der Waals surface area contributed by atoms with Crippen LogP contribution < -0.4 is 0 Å². The Hall–Kier alpha value is -2.31. The number of aromatic nitrogens is 1. The highest BCUT2D eigenvalue weighted by Gasteiger charge is 2.54. The zero-order chi connectivity index (χ0) is 20.8. The number of aromatic amines is 1. The molecule has 2 atom stereocenters. The number of hydrogen-bond acceptors (Lipinski definition) is 4. The van der Waals surface area contributed by atoms with Crippen LogP contribution in [-0.2, 0) is 32.2 Å². The van der Waals surface area contributed by atoms with Gasteiger partial charge in [-0.25, -0.2) is 8.42 Å². The summed E-state index contributed by atoms with van der Waals surface area (Å²) in [7, 11) is -2.72. The van der Waals surface area contributed by atoms with E-state index in [1.54, 1.807) is 18.2 Å². The van der Waals surface area contributed by atoms with E-state index in [0.29, 0.717) is 24.3 Å². The summed E-state index contributed by atoms with van der Waals surface area (Å²) < 4.78 is 30.4. The van der Waals surface area contributed by atoms with Gasteiger partial charge in [-0.3, -0.25) is 4.79 Å². The second-order valence-corrected chi connectivity index (χ2v) is 10.4. The Morgan fingerprint density at radius 2 is 1.93 bits per heavy atom. The van der Waals surface area contributed by atoms with Crippen LogP contribution in [-0.4, -0.2) is 31.2 Å². The molecule has 4 rings (SSSR count). The van der Waals surface area contributed by atoms with Crippen molar-refractivity contribution in [3.05, 3.63) is 64.8 Å². The van der Waals surface area contributed by atoms with Gasteiger partial charge in [-0.05, 0) is 68.0 Å². The van der Waals surface area contributed by atoms with Crippen molar-refractivity contribution < 1.29 is 17.9 Å². The van der Waals surface area contributed by atoms with Crippen molar-refractivity contribution in [2.45, 2.75) is 35.8 Å². The molecule has 3 aromatic rings. The predicted molar refractivity (Wildman–Crippen MR) is 113 cm³/mol. The fraction of sp³-hybridized carbons (Fsp3) is 0.318. The average molecular weight is 432 g/mol. The molecule has 0 saturated heterocycles. The van der Waals surface area contributed by atoms with E-state index >= 15 is 0 Å². The minimum Gasteiger partial charge on any atom is -0.468 e. The number of hydrogen-bond donors (Lipinski definition) is 1. The van der Waals surface area contributed by atoms with Gasteiger partial charge >= 0.3 is 5.97 Å². The molecule has 2 aromatic carbocycles. The Morgan fingerprint density at radius 1 is 1.21 bits per heavy atom. The number of methoxy groups -OCH3 is 1. The Kier molecular flexibility index (Phi) is 4.95. The van der Waals surface area contributed by atoms with Gasteiger partial charge in [0.1, 0.15) is 0 Å². The van der Waals surface area contributed by atoms with E-state index in [1.165, 1.54) is 26.2 Å². The van der Waals surface area contributed by atoms with Gasteiger partial charge in [0.15, 0.2) is 14.6 Å². The third kappa shape index (κ3) is 3.06. The first kappa shape index (κ1) is 20.0. The lowest BCUT2D eigenvalue weighted by molar-refractivity contribution is -0.145. The number of aryl methyl sites for hydroxylation is 1. The normalized spacial score (nSPS) is 18.8. The molecule has 5 nitrogen and oxygen atoms in total. The minimum atomic E-state index is -3.96. The number of esters is 1. The predicted octanol–water partition coefficient (Wildman–Crippen LogP) is 4.33. The van der Waals surface area contributed by atoms with Gasteiger partial charge in [0.05, 0.1) is 12.0 Å². The summed E-state index contributed by atoms with van der Waals surface area (Å²) in [4.78, 5) is 16.4. The molecule has 7 heteroatoms. The monoisotopic (exact) mass is 431 g/mol. The van der Waals surface area contributed by atoms with Crippen molar-refractivity contribution >= 4 is 38.3 Å². The van der Waals surface area contributed by atoms with Crippen LogP contribution in [0, 0.1) is 5.92 Å². The van der Waals surface area contributed by atoms with Gasteiger partial charge in [0.2, 0.25) is 0 Å². The van der Waals surface area contributed by atoms with E-state index in [9.17, 15) is 13.2 Å². The lowest BCUT2D eigenvalue weighted by Crippen LogP contribution is -2.52. The molecule has 0 spiro atoms. The van der Waals surface area contributed by atoms with Gasteiger partial charge < -0.3 is 9.72 Å². The molecule has 0 radical (unpaired) electrons. The first-order valence-electron chi connectivity index (χ1n) is 9.46. The SMILES string of the molecule is COC(=O)C(C)(C1CCc2c([nH]c3ccc(Cl)cc23)C1)S(=O)(=O)c1ccccc1. The second-order valence-electron chi connectivity index (χ2n) is 7.63. The second kappa shape index (κ2) is 7.18. The van der Waals surface area contributed by atoms with E-state index in [4.69, 9.17) is 16.3 Å². The molecule has 0 fully saturated rings. The number of benzene rings is 2. The molecule has 2 unspecified atom stereocenters. The number of carbonyl (C=O) groups excluding carboxylic acids is 1. The molecule has 0 bridgehead atoms. The maximum Gasteiger partial charge on any atom is 0.327 e. The van der Waals surface area contributed by atoms with Crippen molar-refractivity contribution in [2.24, 2.45) is 5.92 Å². The van der Waals surface area contributed by atoms with E-state index in [-0.39, 0.29) is 4.90 Å². The maximum atomic E-state index is 13.6. The number of rotatable bonds is 4. The van der Waals surface area contributed by atoms with Crippen LogP contribution in [0.15, 0.2) is 53.4 Å². The Morgan fingerprint density at radius 3 is 2.62 bits per heavy atom. The molecule has 1 aliphatic carbocycles. The summed E-state index contributed by atoms with van der Waals surface area (Å²) in [6.45, 7) is 1.50. The largest absolute Gasteiger partial charge is 0.468 e. The average Bonchev–Trinajstić information content (AvgIpc) is 3.10. The quantitative estimate of drug-likeness (QED) is 0.623. The first-order valence-corrected chi connectivity index (χ1v) is 11.3. The summed E-state index contributed by atoms with van der Waals surface area (Å²) >= 11 is 6.15. The number of nitrogens with one attached hydrogen (secondary N) is 1. The molecule has 1 aliphatic rings. The van der Waals surface area contributed by atoms with Crippen LogP contribution in [0.1, 0.15) is 24.6 Å². The standard InChI is InChI=1S/C22H22ClNO4S/c1-22(21(25)28-2,29(26,27)16-6-4-3-5-7-16)14-8-10-17-18-13-15(23)9-11-19(18)24-20(17)12-14/h3-7,9,11,13-14,24H,8,10,12H2,1-2H3. The van der Waals surface area contributed by atoms with Crippen molar-refractivity contribution in [2.75, 3.05) is 7.11 Å². The molecule has 1 heterocycles.